The zero-order valence-electron chi connectivity index (χ0n) is 10.2. The van der Waals surface area contributed by atoms with Gasteiger partial charge in [0, 0.05) is 6.04 Å². The van der Waals surface area contributed by atoms with Crippen molar-refractivity contribution in [2.75, 3.05) is 0 Å². The first kappa shape index (κ1) is 9.67. The summed E-state index contributed by atoms with van der Waals surface area (Å²) >= 11 is 0. The summed E-state index contributed by atoms with van der Waals surface area (Å²) in [7, 11) is 0. The Bertz CT molecular complexity index is 552. The van der Waals surface area contributed by atoms with Gasteiger partial charge in [-0.2, -0.15) is 0 Å². The van der Waals surface area contributed by atoms with Gasteiger partial charge in [-0.05, 0) is 48.5 Å². The number of nitrogens with one attached hydrogen (secondary N) is 1. The van der Waals surface area contributed by atoms with E-state index in [9.17, 15) is 0 Å². The van der Waals surface area contributed by atoms with E-state index in [2.05, 4.69) is 48.7 Å². The van der Waals surface area contributed by atoms with Crippen LogP contribution in [0.1, 0.15) is 30.9 Å². The van der Waals surface area contributed by atoms with Crippen LogP contribution in [0.4, 0.5) is 0 Å². The van der Waals surface area contributed by atoms with Crippen LogP contribution in [0.25, 0.3) is 0 Å². The standard InChI is InChI=1S/C16H17N/c1-16-13-8-4-2-6-11(13)10-15(17-16)12-7-3-5-9-14(12)16/h2-6,8,15,17H,7,9-10H2,1H3/t15-,16+/m1/s1. The number of hydrogen-bond acceptors (Lipinski definition) is 1. The molecule has 1 aliphatic carbocycles. The lowest BCUT2D eigenvalue weighted by atomic mass is 9.79. The Kier molecular flexibility index (Phi) is 1.77. The Morgan fingerprint density at radius 3 is 2.94 bits per heavy atom. The van der Waals surface area contributed by atoms with Gasteiger partial charge in [-0.25, -0.2) is 0 Å². The van der Waals surface area contributed by atoms with Gasteiger partial charge >= 0.3 is 0 Å². The summed E-state index contributed by atoms with van der Waals surface area (Å²) < 4.78 is 0. The molecule has 0 aromatic heterocycles. The molecule has 0 saturated heterocycles. The van der Waals surface area contributed by atoms with E-state index in [-0.39, 0.29) is 5.54 Å². The van der Waals surface area contributed by atoms with E-state index in [4.69, 9.17) is 0 Å². The van der Waals surface area contributed by atoms with Crippen molar-refractivity contribution in [1.29, 1.82) is 0 Å². The van der Waals surface area contributed by atoms with Gasteiger partial charge in [-0.3, -0.25) is 5.32 Å². The summed E-state index contributed by atoms with van der Waals surface area (Å²) in [6.45, 7) is 2.36. The van der Waals surface area contributed by atoms with Crippen LogP contribution in [0, 0.1) is 0 Å². The topological polar surface area (TPSA) is 12.0 Å². The monoisotopic (exact) mass is 223 g/mol. The molecule has 1 N–H and O–H groups in total. The Morgan fingerprint density at radius 2 is 2.00 bits per heavy atom. The first-order chi connectivity index (χ1) is 8.29. The van der Waals surface area contributed by atoms with Crippen LogP contribution in [0.5, 0.6) is 0 Å². The van der Waals surface area contributed by atoms with Crippen molar-refractivity contribution in [3.63, 3.8) is 0 Å². The van der Waals surface area contributed by atoms with E-state index in [0.29, 0.717) is 6.04 Å². The minimum Gasteiger partial charge on any atom is -0.297 e. The van der Waals surface area contributed by atoms with E-state index in [1.807, 2.05) is 0 Å². The molecule has 0 spiro atoms. The lowest BCUT2D eigenvalue weighted by molar-refractivity contribution is 0.396. The molecule has 2 aliphatic heterocycles. The third-order valence-corrected chi connectivity index (χ3v) is 4.68. The molecule has 0 amide bonds. The van der Waals surface area contributed by atoms with Gasteiger partial charge in [0.05, 0.1) is 5.54 Å². The van der Waals surface area contributed by atoms with E-state index in [1.165, 1.54) is 17.5 Å². The fourth-order valence-corrected chi connectivity index (χ4v) is 3.89. The summed E-state index contributed by atoms with van der Waals surface area (Å²) in [5.41, 5.74) is 6.42. The smallest absolute Gasteiger partial charge is 0.0635 e. The van der Waals surface area contributed by atoms with Gasteiger partial charge in [-0.15, -0.1) is 0 Å². The van der Waals surface area contributed by atoms with E-state index in [1.54, 1.807) is 11.1 Å². The molecule has 86 valence electrons. The predicted molar refractivity (Wildman–Crippen MR) is 69.8 cm³/mol. The van der Waals surface area contributed by atoms with Gasteiger partial charge in [-0.1, -0.05) is 36.4 Å². The highest BCUT2D eigenvalue weighted by atomic mass is 15.1. The molecule has 0 saturated carbocycles. The Balaban J connectivity index is 1.94. The molecule has 3 aliphatic rings. The summed E-state index contributed by atoms with van der Waals surface area (Å²) in [5.74, 6) is 0. The molecule has 0 unspecified atom stereocenters. The lowest BCUT2D eigenvalue weighted by Gasteiger charge is -2.36. The van der Waals surface area contributed by atoms with Crippen molar-refractivity contribution in [2.45, 2.75) is 37.8 Å². The van der Waals surface area contributed by atoms with Crippen molar-refractivity contribution in [1.82, 2.24) is 5.32 Å². The van der Waals surface area contributed by atoms with Crippen molar-refractivity contribution >= 4 is 0 Å². The van der Waals surface area contributed by atoms with E-state index in [0.717, 1.165) is 12.8 Å². The molecule has 2 atom stereocenters. The van der Waals surface area contributed by atoms with E-state index < -0.39 is 0 Å². The van der Waals surface area contributed by atoms with Crippen LogP contribution in [-0.4, -0.2) is 6.04 Å². The largest absolute Gasteiger partial charge is 0.297 e. The molecule has 1 aromatic carbocycles. The SMILES string of the molecule is C[C@]12N[C@H](Cc3ccccc31)C1=C2CC=CC1. The van der Waals surface area contributed by atoms with Crippen LogP contribution in [0.3, 0.4) is 0 Å². The molecule has 4 rings (SSSR count). The summed E-state index contributed by atoms with van der Waals surface area (Å²) in [6.07, 6.45) is 8.10. The van der Waals surface area contributed by atoms with Crippen molar-refractivity contribution in [3.05, 3.63) is 58.7 Å². The molecule has 1 nitrogen and oxygen atoms in total. The molecule has 0 radical (unpaired) electrons. The fraction of sp³-hybridized carbons (Fsp3) is 0.375. The fourth-order valence-electron chi connectivity index (χ4n) is 3.89. The summed E-state index contributed by atoms with van der Waals surface area (Å²) in [6, 6.07) is 9.52. The number of rotatable bonds is 0. The first-order valence-electron chi connectivity index (χ1n) is 6.52. The van der Waals surface area contributed by atoms with Gasteiger partial charge in [0.15, 0.2) is 0 Å². The van der Waals surface area contributed by atoms with Gasteiger partial charge in [0.25, 0.3) is 0 Å². The maximum atomic E-state index is 3.85. The van der Waals surface area contributed by atoms with Crippen LogP contribution >= 0.6 is 0 Å². The Hall–Kier alpha value is -1.34. The highest BCUT2D eigenvalue weighted by Gasteiger charge is 2.46. The lowest BCUT2D eigenvalue weighted by Crippen LogP contribution is -2.46. The third kappa shape index (κ3) is 1.13. The average molecular weight is 223 g/mol. The third-order valence-electron chi connectivity index (χ3n) is 4.68. The molecule has 1 heteroatoms. The number of fused-ring (bicyclic) bond motifs is 6. The zero-order chi connectivity index (χ0) is 11.5. The number of allylic oxidation sites excluding steroid dienone is 2. The highest BCUT2D eigenvalue weighted by molar-refractivity contribution is 5.53. The molecular weight excluding hydrogens is 206 g/mol. The minimum atomic E-state index is 0.0968. The van der Waals surface area contributed by atoms with Crippen LogP contribution in [-0.2, 0) is 12.0 Å². The van der Waals surface area contributed by atoms with Crippen LogP contribution in [0.15, 0.2) is 47.6 Å². The molecule has 2 bridgehead atoms. The highest BCUT2D eigenvalue weighted by Crippen LogP contribution is 2.48. The molecule has 2 heterocycles. The van der Waals surface area contributed by atoms with Crippen LogP contribution in [0.2, 0.25) is 0 Å². The molecule has 0 fully saturated rings. The second kappa shape index (κ2) is 3.11. The second-order valence-electron chi connectivity index (χ2n) is 5.57. The Labute approximate surface area is 102 Å². The van der Waals surface area contributed by atoms with Crippen molar-refractivity contribution in [2.24, 2.45) is 0 Å². The first-order valence-corrected chi connectivity index (χ1v) is 6.52. The van der Waals surface area contributed by atoms with Gasteiger partial charge in [0.1, 0.15) is 0 Å². The maximum Gasteiger partial charge on any atom is 0.0635 e. The quantitative estimate of drug-likeness (QED) is 0.666. The van der Waals surface area contributed by atoms with Gasteiger partial charge in [0.2, 0.25) is 0 Å². The Morgan fingerprint density at radius 1 is 1.18 bits per heavy atom. The molecule has 1 aromatic rings. The predicted octanol–water partition coefficient (Wildman–Crippen LogP) is 3.08. The second-order valence-corrected chi connectivity index (χ2v) is 5.57. The number of hydrogen-bond donors (Lipinski definition) is 1. The summed E-state index contributed by atoms with van der Waals surface area (Å²) in [4.78, 5) is 0. The van der Waals surface area contributed by atoms with Crippen LogP contribution < -0.4 is 5.32 Å². The van der Waals surface area contributed by atoms with E-state index >= 15 is 0 Å². The molecular formula is C16H17N. The maximum absolute atomic E-state index is 3.85. The van der Waals surface area contributed by atoms with Gasteiger partial charge < -0.3 is 0 Å². The summed E-state index contributed by atoms with van der Waals surface area (Å²) in [5, 5.41) is 3.85. The normalized spacial score (nSPS) is 33.6. The minimum absolute atomic E-state index is 0.0968. The average Bonchev–Trinajstić information content (AvgIpc) is 2.61. The van der Waals surface area contributed by atoms with Crippen molar-refractivity contribution in [3.8, 4) is 0 Å². The molecule has 17 heavy (non-hydrogen) atoms. The number of benzene rings is 1. The zero-order valence-corrected chi connectivity index (χ0v) is 10.2. The van der Waals surface area contributed by atoms with Crippen molar-refractivity contribution < 1.29 is 0 Å².